The predicted octanol–water partition coefficient (Wildman–Crippen LogP) is 1.62. The Balaban J connectivity index is 2.02. The zero-order chi connectivity index (χ0) is 15.9. The van der Waals surface area contributed by atoms with Gasteiger partial charge in [0.25, 0.3) is 10.0 Å². The van der Waals surface area contributed by atoms with E-state index in [0.717, 1.165) is 5.56 Å². The van der Waals surface area contributed by atoms with E-state index in [0.29, 0.717) is 11.3 Å². The van der Waals surface area contributed by atoms with Crippen LogP contribution in [-0.2, 0) is 10.0 Å². The van der Waals surface area contributed by atoms with Gasteiger partial charge in [-0.3, -0.25) is 9.40 Å². The van der Waals surface area contributed by atoms with Crippen LogP contribution < -0.4 is 4.72 Å². The van der Waals surface area contributed by atoms with E-state index in [4.69, 9.17) is 0 Å². The van der Waals surface area contributed by atoms with Crippen LogP contribution in [0.5, 0.6) is 0 Å². The van der Waals surface area contributed by atoms with Gasteiger partial charge >= 0.3 is 0 Å². The van der Waals surface area contributed by atoms with Crippen LogP contribution in [0.1, 0.15) is 25.5 Å². The highest BCUT2D eigenvalue weighted by atomic mass is 32.2. The van der Waals surface area contributed by atoms with Crippen molar-refractivity contribution in [1.82, 2.24) is 24.4 Å². The van der Waals surface area contributed by atoms with Crippen molar-refractivity contribution in [2.75, 3.05) is 4.72 Å². The highest BCUT2D eigenvalue weighted by Crippen LogP contribution is 2.23. The van der Waals surface area contributed by atoms with Gasteiger partial charge in [-0.05, 0) is 32.4 Å². The Morgan fingerprint density at radius 1 is 1.27 bits per heavy atom. The van der Waals surface area contributed by atoms with Gasteiger partial charge < -0.3 is 0 Å². The summed E-state index contributed by atoms with van der Waals surface area (Å²) >= 11 is 0. The maximum atomic E-state index is 12.5. The minimum atomic E-state index is -3.73. The van der Waals surface area contributed by atoms with Gasteiger partial charge in [0.2, 0.25) is 0 Å². The van der Waals surface area contributed by atoms with Crippen molar-refractivity contribution in [3.05, 3.63) is 36.5 Å². The largest absolute Gasteiger partial charge is 0.275 e. The maximum absolute atomic E-state index is 12.5. The molecule has 0 spiro atoms. The molecule has 8 nitrogen and oxygen atoms in total. The molecule has 0 fully saturated rings. The SMILES string of the molecule is Cc1ccn2ncnc2c1NS(=O)(=O)c1cnn(C(C)C)c1. The lowest BCUT2D eigenvalue weighted by molar-refractivity contribution is 0.531. The molecule has 0 amide bonds. The topological polar surface area (TPSA) is 94.2 Å². The van der Waals surface area contributed by atoms with Gasteiger partial charge in [0.15, 0.2) is 5.65 Å². The van der Waals surface area contributed by atoms with Crippen molar-refractivity contribution < 1.29 is 8.42 Å². The third kappa shape index (κ3) is 2.43. The van der Waals surface area contributed by atoms with Crippen LogP contribution in [0.4, 0.5) is 5.69 Å². The molecule has 22 heavy (non-hydrogen) atoms. The van der Waals surface area contributed by atoms with E-state index in [1.165, 1.54) is 23.2 Å². The summed E-state index contributed by atoms with van der Waals surface area (Å²) in [5, 5.41) is 8.07. The van der Waals surface area contributed by atoms with E-state index in [1.807, 2.05) is 20.8 Å². The highest BCUT2D eigenvalue weighted by Gasteiger charge is 2.20. The van der Waals surface area contributed by atoms with Gasteiger partial charge in [-0.1, -0.05) is 0 Å². The van der Waals surface area contributed by atoms with Crippen LogP contribution >= 0.6 is 0 Å². The average molecular weight is 320 g/mol. The molecule has 3 heterocycles. The van der Waals surface area contributed by atoms with Gasteiger partial charge in [-0.15, -0.1) is 0 Å². The van der Waals surface area contributed by atoms with E-state index >= 15 is 0 Å². The molecule has 116 valence electrons. The third-order valence-corrected chi connectivity index (χ3v) is 4.61. The fourth-order valence-corrected chi connectivity index (χ4v) is 3.11. The summed E-state index contributed by atoms with van der Waals surface area (Å²) in [7, 11) is -3.73. The van der Waals surface area contributed by atoms with Gasteiger partial charge in [0.1, 0.15) is 11.2 Å². The first-order valence-corrected chi connectivity index (χ1v) is 8.23. The summed E-state index contributed by atoms with van der Waals surface area (Å²) in [6.07, 6.45) is 5.95. The van der Waals surface area contributed by atoms with Crippen molar-refractivity contribution in [1.29, 1.82) is 0 Å². The van der Waals surface area contributed by atoms with Crippen LogP contribution in [-0.4, -0.2) is 32.8 Å². The summed E-state index contributed by atoms with van der Waals surface area (Å²) in [5.74, 6) is 0. The Morgan fingerprint density at radius 2 is 2.05 bits per heavy atom. The molecule has 3 aromatic heterocycles. The number of aryl methyl sites for hydroxylation is 1. The number of aromatic nitrogens is 5. The standard InChI is InChI=1S/C13H16N6O2S/c1-9(2)19-7-11(6-15-19)22(20,21)17-12-10(3)4-5-18-13(12)14-8-16-18/h4-9,17H,1-3H3. The lowest BCUT2D eigenvalue weighted by atomic mass is 10.2. The van der Waals surface area contributed by atoms with Crippen molar-refractivity contribution in [2.45, 2.75) is 31.7 Å². The van der Waals surface area contributed by atoms with E-state index < -0.39 is 10.0 Å². The van der Waals surface area contributed by atoms with Crippen molar-refractivity contribution in [3.63, 3.8) is 0 Å². The Bertz CT molecular complexity index is 925. The zero-order valence-corrected chi connectivity index (χ0v) is 13.2. The van der Waals surface area contributed by atoms with Crippen LogP contribution in [0.3, 0.4) is 0 Å². The molecule has 0 aliphatic heterocycles. The second-order valence-corrected chi connectivity index (χ2v) is 6.94. The number of nitrogens with one attached hydrogen (secondary N) is 1. The first kappa shape index (κ1) is 14.5. The van der Waals surface area contributed by atoms with Crippen molar-refractivity contribution >= 4 is 21.4 Å². The van der Waals surface area contributed by atoms with E-state index in [1.54, 1.807) is 16.9 Å². The second-order valence-electron chi connectivity index (χ2n) is 5.26. The van der Waals surface area contributed by atoms with Crippen molar-refractivity contribution in [2.24, 2.45) is 0 Å². The summed E-state index contributed by atoms with van der Waals surface area (Å²) in [6.45, 7) is 5.67. The molecule has 9 heteroatoms. The molecule has 0 aromatic carbocycles. The van der Waals surface area contributed by atoms with Crippen molar-refractivity contribution in [3.8, 4) is 0 Å². The molecule has 0 aliphatic carbocycles. The number of nitrogens with zero attached hydrogens (tertiary/aromatic N) is 5. The van der Waals surface area contributed by atoms with Gasteiger partial charge in [0.05, 0.1) is 11.9 Å². The molecule has 0 unspecified atom stereocenters. The normalized spacial score (nSPS) is 12.2. The smallest absolute Gasteiger partial charge is 0.265 e. The van der Waals surface area contributed by atoms with Crippen LogP contribution in [0, 0.1) is 6.92 Å². The molecule has 0 saturated carbocycles. The quantitative estimate of drug-likeness (QED) is 0.788. The number of hydrogen-bond acceptors (Lipinski definition) is 5. The molecule has 3 rings (SSSR count). The van der Waals surface area contributed by atoms with E-state index in [2.05, 4.69) is 19.9 Å². The molecular formula is C13H16N6O2S. The molecular weight excluding hydrogens is 304 g/mol. The summed E-state index contributed by atoms with van der Waals surface area (Å²) < 4.78 is 30.8. The maximum Gasteiger partial charge on any atom is 0.265 e. The number of anilines is 1. The number of fused-ring (bicyclic) bond motifs is 1. The van der Waals surface area contributed by atoms with Gasteiger partial charge in [0, 0.05) is 18.4 Å². The van der Waals surface area contributed by atoms with E-state index in [9.17, 15) is 8.42 Å². The molecule has 0 aliphatic rings. The first-order chi connectivity index (χ1) is 10.4. The number of hydrogen-bond donors (Lipinski definition) is 1. The molecule has 3 aromatic rings. The number of sulfonamides is 1. The van der Waals surface area contributed by atoms with Crippen LogP contribution in [0.25, 0.3) is 5.65 Å². The summed E-state index contributed by atoms with van der Waals surface area (Å²) in [5.41, 5.74) is 1.64. The average Bonchev–Trinajstić information content (AvgIpc) is 3.10. The second kappa shape index (κ2) is 5.09. The lowest BCUT2D eigenvalue weighted by Gasteiger charge is -2.10. The number of pyridine rings is 1. The molecule has 0 atom stereocenters. The molecule has 0 saturated heterocycles. The monoisotopic (exact) mass is 320 g/mol. The molecule has 0 radical (unpaired) electrons. The van der Waals surface area contributed by atoms with Crippen LogP contribution in [0.15, 0.2) is 35.9 Å². The molecule has 1 N–H and O–H groups in total. The first-order valence-electron chi connectivity index (χ1n) is 6.74. The van der Waals surface area contributed by atoms with Gasteiger partial charge in [-0.25, -0.2) is 17.9 Å². The number of rotatable bonds is 4. The minimum absolute atomic E-state index is 0.0885. The van der Waals surface area contributed by atoms with Gasteiger partial charge in [-0.2, -0.15) is 10.2 Å². The Hall–Kier alpha value is -2.42. The Kier molecular flexibility index (Phi) is 3.36. The Labute approximate surface area is 127 Å². The van der Waals surface area contributed by atoms with E-state index in [-0.39, 0.29) is 10.9 Å². The highest BCUT2D eigenvalue weighted by molar-refractivity contribution is 7.92. The third-order valence-electron chi connectivity index (χ3n) is 3.31. The molecule has 0 bridgehead atoms. The fourth-order valence-electron chi connectivity index (χ4n) is 2.04. The predicted molar refractivity (Wildman–Crippen MR) is 81.1 cm³/mol. The summed E-state index contributed by atoms with van der Waals surface area (Å²) in [4.78, 5) is 4.21. The fraction of sp³-hybridized carbons (Fsp3) is 0.308. The van der Waals surface area contributed by atoms with Crippen LogP contribution in [0.2, 0.25) is 0 Å². The lowest BCUT2D eigenvalue weighted by Crippen LogP contribution is -2.14. The minimum Gasteiger partial charge on any atom is -0.275 e. The zero-order valence-electron chi connectivity index (χ0n) is 12.4. The summed E-state index contributed by atoms with van der Waals surface area (Å²) in [6, 6.07) is 1.86. The Morgan fingerprint density at radius 3 is 2.73 bits per heavy atom.